The molecular weight excluding hydrogens is 252 g/mol. The third kappa shape index (κ3) is 4.05. The minimum Gasteiger partial charge on any atom is -0.373 e. The summed E-state index contributed by atoms with van der Waals surface area (Å²) in [6, 6.07) is 6.06. The Morgan fingerprint density at radius 1 is 1.30 bits per heavy atom. The molecule has 1 aromatic rings. The molecule has 2 rings (SSSR count). The van der Waals surface area contributed by atoms with Crippen LogP contribution in [0.3, 0.4) is 0 Å². The Morgan fingerprint density at radius 3 is 2.55 bits per heavy atom. The maximum atomic E-state index is 12.1. The first kappa shape index (κ1) is 15.0. The third-order valence-electron chi connectivity index (χ3n) is 3.52. The van der Waals surface area contributed by atoms with Crippen LogP contribution in [0.4, 0.5) is 5.69 Å². The molecule has 1 amide bonds. The molecule has 4 heteroatoms. The molecule has 1 saturated heterocycles. The Kier molecular flexibility index (Phi) is 4.78. The van der Waals surface area contributed by atoms with Crippen molar-refractivity contribution < 1.29 is 9.53 Å². The van der Waals surface area contributed by atoms with Crippen molar-refractivity contribution >= 4 is 11.6 Å². The van der Waals surface area contributed by atoms with Crippen molar-refractivity contribution in [2.75, 3.05) is 25.0 Å². The molecule has 2 atom stereocenters. The van der Waals surface area contributed by atoms with Gasteiger partial charge in [-0.2, -0.15) is 0 Å². The van der Waals surface area contributed by atoms with Crippen LogP contribution in [0.25, 0.3) is 0 Å². The maximum absolute atomic E-state index is 12.1. The lowest BCUT2D eigenvalue weighted by atomic mass is 10.1. The molecule has 0 bridgehead atoms. The first-order chi connectivity index (χ1) is 9.44. The van der Waals surface area contributed by atoms with Gasteiger partial charge in [0.1, 0.15) is 0 Å². The highest BCUT2D eigenvalue weighted by molar-refractivity contribution is 5.93. The third-order valence-corrected chi connectivity index (χ3v) is 3.52. The van der Waals surface area contributed by atoms with Crippen LogP contribution in [-0.2, 0) is 9.53 Å². The zero-order valence-electron chi connectivity index (χ0n) is 12.8. The predicted molar refractivity (Wildman–Crippen MR) is 81.0 cm³/mol. The Morgan fingerprint density at radius 2 is 1.95 bits per heavy atom. The van der Waals surface area contributed by atoms with E-state index < -0.39 is 0 Å². The average Bonchev–Trinajstić information content (AvgIpc) is 2.31. The van der Waals surface area contributed by atoms with Gasteiger partial charge in [0, 0.05) is 18.8 Å². The van der Waals surface area contributed by atoms with Crippen LogP contribution in [0.15, 0.2) is 18.2 Å². The molecule has 0 aliphatic carbocycles. The first-order valence-corrected chi connectivity index (χ1v) is 7.19. The number of rotatable bonds is 3. The first-order valence-electron chi connectivity index (χ1n) is 7.19. The number of carbonyl (C=O) groups excluding carboxylic acids is 1. The molecule has 1 heterocycles. The number of anilines is 1. The van der Waals surface area contributed by atoms with Gasteiger partial charge in [-0.1, -0.05) is 17.7 Å². The Bertz CT molecular complexity index is 477. The molecule has 1 aromatic carbocycles. The topological polar surface area (TPSA) is 41.6 Å². The van der Waals surface area contributed by atoms with Crippen LogP contribution in [0.1, 0.15) is 25.0 Å². The summed E-state index contributed by atoms with van der Waals surface area (Å²) in [6.45, 7) is 10.2. The minimum absolute atomic E-state index is 0.0400. The number of amides is 1. The van der Waals surface area contributed by atoms with E-state index >= 15 is 0 Å². The lowest BCUT2D eigenvalue weighted by Gasteiger charge is -2.34. The number of morpholine rings is 1. The molecule has 1 aliphatic rings. The van der Waals surface area contributed by atoms with Gasteiger partial charge in [0.15, 0.2) is 0 Å². The van der Waals surface area contributed by atoms with Gasteiger partial charge in [-0.05, 0) is 39.3 Å². The predicted octanol–water partition coefficient (Wildman–Crippen LogP) is 2.35. The van der Waals surface area contributed by atoms with Gasteiger partial charge in [0.2, 0.25) is 5.91 Å². The molecule has 110 valence electrons. The minimum atomic E-state index is 0.0400. The lowest BCUT2D eigenvalue weighted by molar-refractivity contribution is -0.121. The largest absolute Gasteiger partial charge is 0.373 e. The molecule has 4 nitrogen and oxygen atoms in total. The molecule has 20 heavy (non-hydrogen) atoms. The number of carbonyl (C=O) groups is 1. The van der Waals surface area contributed by atoms with Crippen LogP contribution in [-0.4, -0.2) is 42.6 Å². The molecule has 0 spiro atoms. The summed E-state index contributed by atoms with van der Waals surface area (Å²) in [5.41, 5.74) is 3.20. The van der Waals surface area contributed by atoms with Crippen molar-refractivity contribution in [2.45, 2.75) is 39.9 Å². The van der Waals surface area contributed by atoms with Crippen molar-refractivity contribution in [3.63, 3.8) is 0 Å². The summed E-state index contributed by atoms with van der Waals surface area (Å²) in [4.78, 5) is 14.3. The zero-order chi connectivity index (χ0) is 14.7. The van der Waals surface area contributed by atoms with Crippen LogP contribution < -0.4 is 5.32 Å². The van der Waals surface area contributed by atoms with Gasteiger partial charge < -0.3 is 10.1 Å². The second-order valence-corrected chi connectivity index (χ2v) is 5.82. The van der Waals surface area contributed by atoms with E-state index in [1.54, 1.807) is 0 Å². The van der Waals surface area contributed by atoms with E-state index in [1.165, 1.54) is 5.56 Å². The molecule has 0 unspecified atom stereocenters. The average molecular weight is 276 g/mol. The SMILES string of the molecule is Cc1ccc(NC(=O)CN2C[C@@H](C)O[C@@H](C)C2)c(C)c1. The number of ether oxygens (including phenoxy) is 1. The van der Waals surface area contributed by atoms with Gasteiger partial charge >= 0.3 is 0 Å². The monoisotopic (exact) mass is 276 g/mol. The highest BCUT2D eigenvalue weighted by Gasteiger charge is 2.23. The van der Waals surface area contributed by atoms with Gasteiger partial charge in [0.25, 0.3) is 0 Å². The van der Waals surface area contributed by atoms with Crippen molar-refractivity contribution in [1.82, 2.24) is 4.90 Å². The Hall–Kier alpha value is -1.39. The van der Waals surface area contributed by atoms with E-state index in [9.17, 15) is 4.79 Å². The van der Waals surface area contributed by atoms with Crippen molar-refractivity contribution in [2.24, 2.45) is 0 Å². The lowest BCUT2D eigenvalue weighted by Crippen LogP contribution is -2.48. The number of benzene rings is 1. The number of aryl methyl sites for hydroxylation is 2. The summed E-state index contributed by atoms with van der Waals surface area (Å²) < 4.78 is 5.68. The molecule has 1 aliphatic heterocycles. The summed E-state index contributed by atoms with van der Waals surface area (Å²) in [7, 11) is 0. The second-order valence-electron chi connectivity index (χ2n) is 5.82. The highest BCUT2D eigenvalue weighted by atomic mass is 16.5. The van der Waals surface area contributed by atoms with E-state index in [0.717, 1.165) is 24.3 Å². The fraction of sp³-hybridized carbons (Fsp3) is 0.562. The Balaban J connectivity index is 1.92. The van der Waals surface area contributed by atoms with E-state index in [1.807, 2.05) is 32.9 Å². The summed E-state index contributed by atoms with van der Waals surface area (Å²) in [6.07, 6.45) is 0.375. The van der Waals surface area contributed by atoms with Crippen molar-refractivity contribution in [3.05, 3.63) is 29.3 Å². The quantitative estimate of drug-likeness (QED) is 0.921. The van der Waals surface area contributed by atoms with Gasteiger partial charge in [-0.3, -0.25) is 9.69 Å². The van der Waals surface area contributed by atoms with Crippen LogP contribution in [0, 0.1) is 13.8 Å². The fourth-order valence-electron chi connectivity index (χ4n) is 2.76. The standard InChI is InChI=1S/C16H24N2O2/c1-11-5-6-15(12(2)7-11)17-16(19)10-18-8-13(3)20-14(4)9-18/h5-7,13-14H,8-10H2,1-4H3,(H,17,19)/t13-,14+. The number of hydrogen-bond acceptors (Lipinski definition) is 3. The number of hydrogen-bond donors (Lipinski definition) is 1. The summed E-state index contributed by atoms with van der Waals surface area (Å²) in [5, 5.41) is 2.99. The second kappa shape index (κ2) is 6.37. The maximum Gasteiger partial charge on any atom is 0.238 e. The molecular formula is C16H24N2O2. The van der Waals surface area contributed by atoms with Crippen molar-refractivity contribution in [3.8, 4) is 0 Å². The molecule has 0 aromatic heterocycles. The van der Waals surface area contributed by atoms with E-state index in [0.29, 0.717) is 6.54 Å². The molecule has 0 saturated carbocycles. The number of nitrogens with one attached hydrogen (secondary N) is 1. The van der Waals surface area contributed by atoms with Gasteiger partial charge in [0.05, 0.1) is 18.8 Å². The fourth-order valence-corrected chi connectivity index (χ4v) is 2.76. The van der Waals surface area contributed by atoms with Gasteiger partial charge in [-0.15, -0.1) is 0 Å². The van der Waals surface area contributed by atoms with E-state index in [2.05, 4.69) is 23.2 Å². The van der Waals surface area contributed by atoms with Crippen LogP contribution in [0.2, 0.25) is 0 Å². The number of nitrogens with zero attached hydrogens (tertiary/aromatic N) is 1. The molecule has 1 N–H and O–H groups in total. The van der Waals surface area contributed by atoms with E-state index in [4.69, 9.17) is 4.74 Å². The smallest absolute Gasteiger partial charge is 0.238 e. The van der Waals surface area contributed by atoms with Crippen LogP contribution in [0.5, 0.6) is 0 Å². The molecule has 1 fully saturated rings. The highest BCUT2D eigenvalue weighted by Crippen LogP contribution is 2.16. The Labute approximate surface area is 121 Å². The zero-order valence-corrected chi connectivity index (χ0v) is 12.8. The normalized spacial score (nSPS) is 23.6. The van der Waals surface area contributed by atoms with E-state index in [-0.39, 0.29) is 18.1 Å². The summed E-state index contributed by atoms with van der Waals surface area (Å²) in [5.74, 6) is 0.0400. The van der Waals surface area contributed by atoms with Crippen molar-refractivity contribution in [1.29, 1.82) is 0 Å². The summed E-state index contributed by atoms with van der Waals surface area (Å²) >= 11 is 0. The molecule has 0 radical (unpaired) electrons. The van der Waals surface area contributed by atoms with Gasteiger partial charge in [-0.25, -0.2) is 0 Å². The van der Waals surface area contributed by atoms with Crippen LogP contribution >= 0.6 is 0 Å².